The summed E-state index contributed by atoms with van der Waals surface area (Å²) < 4.78 is 27.9. The fourth-order valence-electron chi connectivity index (χ4n) is 2.79. The summed E-state index contributed by atoms with van der Waals surface area (Å²) in [4.78, 5) is 0.368. The molecule has 0 heterocycles. The van der Waals surface area contributed by atoms with E-state index in [1.165, 1.54) is 32.1 Å². The molecular formula is C19H33NO2S. The highest BCUT2D eigenvalue weighted by atomic mass is 32.2. The number of sulfonamides is 1. The number of unbranched alkanes of at least 4 members (excludes halogenated alkanes) is 5. The predicted octanol–water partition coefficient (Wildman–Crippen LogP) is 5.19. The molecule has 1 rings (SSSR count). The van der Waals surface area contributed by atoms with Crippen molar-refractivity contribution >= 4 is 10.0 Å². The van der Waals surface area contributed by atoms with Crippen LogP contribution in [-0.4, -0.2) is 14.5 Å². The summed E-state index contributed by atoms with van der Waals surface area (Å²) in [6.45, 7) is 6.29. The number of aryl methyl sites for hydroxylation is 1. The molecule has 0 radical (unpaired) electrons. The first kappa shape index (κ1) is 20.2. The van der Waals surface area contributed by atoms with Crippen LogP contribution in [0.3, 0.4) is 0 Å². The summed E-state index contributed by atoms with van der Waals surface area (Å²) in [7, 11) is -3.40. The van der Waals surface area contributed by atoms with Gasteiger partial charge in [-0.15, -0.1) is 0 Å². The van der Waals surface area contributed by atoms with Gasteiger partial charge in [-0.1, -0.05) is 76.5 Å². The molecule has 0 spiro atoms. The Kier molecular flexibility index (Phi) is 9.49. The van der Waals surface area contributed by atoms with Gasteiger partial charge in [0.15, 0.2) is 0 Å². The largest absolute Gasteiger partial charge is 0.240 e. The van der Waals surface area contributed by atoms with Crippen molar-refractivity contribution in [3.8, 4) is 0 Å². The van der Waals surface area contributed by atoms with Crippen LogP contribution in [0.4, 0.5) is 0 Å². The second-order valence-electron chi connectivity index (χ2n) is 6.48. The molecule has 0 aromatic heterocycles. The zero-order valence-corrected chi connectivity index (χ0v) is 15.8. The third-order valence-electron chi connectivity index (χ3n) is 4.20. The molecule has 0 amide bonds. The Labute approximate surface area is 142 Å². The fraction of sp³-hybridized carbons (Fsp3) is 0.684. The maximum atomic E-state index is 12.5. The molecule has 1 aromatic rings. The van der Waals surface area contributed by atoms with Crippen LogP contribution in [0.5, 0.6) is 0 Å². The monoisotopic (exact) mass is 339 g/mol. The molecule has 0 saturated heterocycles. The van der Waals surface area contributed by atoms with E-state index in [2.05, 4.69) is 18.6 Å². The van der Waals surface area contributed by atoms with E-state index in [1.54, 1.807) is 12.1 Å². The van der Waals surface area contributed by atoms with Gasteiger partial charge in [-0.3, -0.25) is 0 Å². The molecule has 23 heavy (non-hydrogen) atoms. The molecule has 4 heteroatoms. The van der Waals surface area contributed by atoms with E-state index in [9.17, 15) is 8.42 Å². The van der Waals surface area contributed by atoms with Crippen molar-refractivity contribution in [1.82, 2.24) is 4.72 Å². The Hall–Kier alpha value is -0.870. The number of nitrogens with one attached hydrogen (secondary N) is 1. The fourth-order valence-corrected chi connectivity index (χ4v) is 4.09. The van der Waals surface area contributed by atoms with E-state index in [4.69, 9.17) is 0 Å². The van der Waals surface area contributed by atoms with Crippen molar-refractivity contribution in [2.24, 2.45) is 0 Å². The summed E-state index contributed by atoms with van der Waals surface area (Å²) in [6, 6.07) is 7.11. The van der Waals surface area contributed by atoms with Gasteiger partial charge >= 0.3 is 0 Å². The van der Waals surface area contributed by atoms with Gasteiger partial charge in [0.05, 0.1) is 4.90 Å². The van der Waals surface area contributed by atoms with Crippen molar-refractivity contribution in [3.05, 3.63) is 29.8 Å². The van der Waals surface area contributed by atoms with E-state index < -0.39 is 10.0 Å². The SMILES string of the molecule is CCCCCCCCC(CCC)NS(=O)(=O)c1ccc(C)cc1. The standard InChI is InChI=1S/C19H33NO2S/c1-4-6-7-8-9-10-12-18(11-5-2)20-23(21,22)19-15-13-17(3)14-16-19/h13-16,18,20H,4-12H2,1-3H3. The molecule has 0 aliphatic carbocycles. The van der Waals surface area contributed by atoms with Crippen molar-refractivity contribution in [2.75, 3.05) is 0 Å². The second-order valence-corrected chi connectivity index (χ2v) is 8.19. The minimum absolute atomic E-state index is 0.0532. The van der Waals surface area contributed by atoms with Crippen LogP contribution in [0.25, 0.3) is 0 Å². The summed E-state index contributed by atoms with van der Waals surface area (Å²) >= 11 is 0. The first-order valence-electron chi connectivity index (χ1n) is 9.08. The molecule has 0 bridgehead atoms. The van der Waals surface area contributed by atoms with Crippen molar-refractivity contribution < 1.29 is 8.42 Å². The summed E-state index contributed by atoms with van der Waals surface area (Å²) in [6.07, 6.45) is 10.3. The average Bonchev–Trinajstić information content (AvgIpc) is 2.51. The van der Waals surface area contributed by atoms with Gasteiger partial charge in [-0.05, 0) is 31.9 Å². The molecule has 3 nitrogen and oxygen atoms in total. The third kappa shape index (κ3) is 7.98. The molecule has 0 aliphatic rings. The smallest absolute Gasteiger partial charge is 0.208 e. The molecule has 132 valence electrons. The van der Waals surface area contributed by atoms with E-state index in [-0.39, 0.29) is 6.04 Å². The number of hydrogen-bond acceptors (Lipinski definition) is 2. The predicted molar refractivity (Wildman–Crippen MR) is 98.2 cm³/mol. The maximum Gasteiger partial charge on any atom is 0.240 e. The van der Waals surface area contributed by atoms with Crippen LogP contribution < -0.4 is 4.72 Å². The number of hydrogen-bond donors (Lipinski definition) is 1. The molecule has 1 atom stereocenters. The topological polar surface area (TPSA) is 46.2 Å². The Morgan fingerprint density at radius 2 is 1.48 bits per heavy atom. The highest BCUT2D eigenvalue weighted by Gasteiger charge is 2.19. The minimum atomic E-state index is -3.40. The average molecular weight is 340 g/mol. The molecule has 0 saturated carbocycles. The lowest BCUT2D eigenvalue weighted by molar-refractivity contribution is 0.470. The number of rotatable bonds is 12. The normalized spacial score (nSPS) is 13.2. The van der Waals surface area contributed by atoms with Crippen LogP contribution in [0.2, 0.25) is 0 Å². The van der Waals surface area contributed by atoms with E-state index in [0.29, 0.717) is 4.90 Å². The Morgan fingerprint density at radius 1 is 0.870 bits per heavy atom. The van der Waals surface area contributed by atoms with Gasteiger partial charge in [0, 0.05) is 6.04 Å². The van der Waals surface area contributed by atoms with Gasteiger partial charge in [0.2, 0.25) is 10.0 Å². The first-order valence-corrected chi connectivity index (χ1v) is 10.6. The molecule has 1 aromatic carbocycles. The lowest BCUT2D eigenvalue weighted by atomic mass is 10.0. The van der Waals surface area contributed by atoms with Crippen molar-refractivity contribution in [2.45, 2.75) is 89.5 Å². The zero-order valence-electron chi connectivity index (χ0n) is 15.0. The van der Waals surface area contributed by atoms with Gasteiger partial charge in [-0.25, -0.2) is 13.1 Å². The quantitative estimate of drug-likeness (QED) is 0.532. The summed E-state index contributed by atoms with van der Waals surface area (Å²) in [5.74, 6) is 0. The van der Waals surface area contributed by atoms with Crippen LogP contribution in [-0.2, 0) is 10.0 Å². The molecule has 1 N–H and O–H groups in total. The lowest BCUT2D eigenvalue weighted by Crippen LogP contribution is -2.34. The molecular weight excluding hydrogens is 306 g/mol. The Balaban J connectivity index is 2.51. The summed E-state index contributed by atoms with van der Waals surface area (Å²) in [5, 5.41) is 0. The van der Waals surface area contributed by atoms with Crippen LogP contribution in [0.1, 0.15) is 77.2 Å². The third-order valence-corrected chi connectivity index (χ3v) is 5.73. The molecule has 0 fully saturated rings. The lowest BCUT2D eigenvalue weighted by Gasteiger charge is -2.18. The maximum absolute atomic E-state index is 12.5. The summed E-state index contributed by atoms with van der Waals surface area (Å²) in [5.41, 5.74) is 1.07. The van der Waals surface area contributed by atoms with E-state index in [1.807, 2.05) is 19.1 Å². The Bertz CT molecular complexity index is 523. The van der Waals surface area contributed by atoms with Gasteiger partial charge < -0.3 is 0 Å². The molecule has 0 aliphatic heterocycles. The number of benzene rings is 1. The van der Waals surface area contributed by atoms with Gasteiger partial charge in [0.1, 0.15) is 0 Å². The highest BCUT2D eigenvalue weighted by molar-refractivity contribution is 7.89. The van der Waals surface area contributed by atoms with Crippen LogP contribution >= 0.6 is 0 Å². The van der Waals surface area contributed by atoms with Crippen molar-refractivity contribution in [1.29, 1.82) is 0 Å². The molecule has 1 unspecified atom stereocenters. The minimum Gasteiger partial charge on any atom is -0.208 e. The van der Waals surface area contributed by atoms with Crippen molar-refractivity contribution in [3.63, 3.8) is 0 Å². The van der Waals surface area contributed by atoms with E-state index >= 15 is 0 Å². The van der Waals surface area contributed by atoms with Gasteiger partial charge in [0.25, 0.3) is 0 Å². The zero-order chi connectivity index (χ0) is 17.1. The second kappa shape index (κ2) is 10.8. The Morgan fingerprint density at radius 3 is 2.09 bits per heavy atom. The van der Waals surface area contributed by atoms with Crippen LogP contribution in [0.15, 0.2) is 29.2 Å². The highest BCUT2D eigenvalue weighted by Crippen LogP contribution is 2.15. The first-order chi connectivity index (χ1) is 11.0. The van der Waals surface area contributed by atoms with Crippen LogP contribution in [0, 0.1) is 6.92 Å². The van der Waals surface area contributed by atoms with E-state index in [0.717, 1.165) is 31.2 Å². The van der Waals surface area contributed by atoms with Gasteiger partial charge in [-0.2, -0.15) is 0 Å².